The molecule has 0 bridgehead atoms. The summed E-state index contributed by atoms with van der Waals surface area (Å²) in [5, 5.41) is 6.26. The Morgan fingerprint density at radius 2 is 1.85 bits per heavy atom. The van der Waals surface area contributed by atoms with Crippen molar-refractivity contribution in [3.05, 3.63) is 0 Å². The smallest absolute Gasteiger partial charge is 0.0861 e. The molecule has 0 aromatic rings. The van der Waals surface area contributed by atoms with Crippen LogP contribution in [0.25, 0.3) is 0 Å². The van der Waals surface area contributed by atoms with Crippen molar-refractivity contribution >= 4 is 32.2 Å². The lowest BCUT2D eigenvalue weighted by molar-refractivity contribution is 0.346. The van der Waals surface area contributed by atoms with Crippen molar-refractivity contribution in [2.75, 3.05) is 38.0 Å². The number of alkyl halides is 2. The summed E-state index contributed by atoms with van der Waals surface area (Å²) in [6.07, 6.45) is 1.02. The molecule has 2 N–H and O–H groups in total. The molecule has 80 valence electrons. The average Bonchev–Trinajstić information content (AvgIpc) is 2.16. The monoisotopic (exact) mass is 246 g/mol. The van der Waals surface area contributed by atoms with E-state index < -0.39 is 0 Å². The molecule has 1 atom stereocenters. The Balaban J connectivity index is 2.76. The van der Waals surface area contributed by atoms with Crippen molar-refractivity contribution in [3.63, 3.8) is 0 Å². The first-order valence-electron chi connectivity index (χ1n) is 4.34. The van der Waals surface area contributed by atoms with Crippen LogP contribution < -0.4 is 10.4 Å². The zero-order chi connectivity index (χ0) is 9.78. The number of halogens is 2. The van der Waals surface area contributed by atoms with E-state index in [1.165, 1.54) is 0 Å². The predicted octanol–water partition coefficient (Wildman–Crippen LogP) is 1.56. The molecule has 0 fully saturated rings. The van der Waals surface area contributed by atoms with E-state index in [9.17, 15) is 0 Å². The molecule has 0 aromatic heterocycles. The molecule has 3 nitrogen and oxygen atoms in total. The van der Waals surface area contributed by atoms with Crippen molar-refractivity contribution in [1.82, 2.24) is 10.4 Å². The van der Waals surface area contributed by atoms with Gasteiger partial charge in [-0.1, -0.05) is 0 Å². The molecule has 0 aromatic carbocycles. The maximum Gasteiger partial charge on any atom is 0.0861 e. The third-order valence-electron chi connectivity index (χ3n) is 1.24. The minimum absolute atomic E-state index is 0.363. The summed E-state index contributed by atoms with van der Waals surface area (Å²) in [5.41, 5.74) is 0. The van der Waals surface area contributed by atoms with Crippen LogP contribution in [0.1, 0.15) is 6.42 Å². The molecule has 0 heterocycles. The van der Waals surface area contributed by atoms with Crippen LogP contribution in [0, 0.1) is 0 Å². The van der Waals surface area contributed by atoms with Crippen molar-refractivity contribution in [2.45, 2.75) is 6.42 Å². The zero-order valence-electron chi connectivity index (χ0n) is 7.61. The van der Waals surface area contributed by atoms with Crippen LogP contribution in [-0.4, -0.2) is 38.0 Å². The van der Waals surface area contributed by atoms with Gasteiger partial charge in [0.2, 0.25) is 0 Å². The van der Waals surface area contributed by atoms with Crippen molar-refractivity contribution in [3.8, 4) is 0 Å². The zero-order valence-corrected chi connectivity index (χ0v) is 10.1. The highest BCUT2D eigenvalue weighted by molar-refractivity contribution is 7.29. The highest BCUT2D eigenvalue weighted by Crippen LogP contribution is 2.04. The Bertz CT molecular complexity index is 90.6. The van der Waals surface area contributed by atoms with E-state index in [-0.39, 0.29) is 0 Å². The predicted molar refractivity (Wildman–Crippen MR) is 61.2 cm³/mol. The first kappa shape index (κ1) is 13.9. The van der Waals surface area contributed by atoms with Crippen molar-refractivity contribution in [2.24, 2.45) is 0 Å². The lowest BCUT2D eigenvalue weighted by atomic mass is 10.4. The Kier molecular flexibility index (Phi) is 13.8. The van der Waals surface area contributed by atoms with Crippen LogP contribution in [0.4, 0.5) is 0 Å². The third kappa shape index (κ3) is 12.9. The highest BCUT2D eigenvalue weighted by Gasteiger charge is 1.89. The maximum absolute atomic E-state index is 5.48. The minimum atomic E-state index is 0.363. The molecule has 0 aliphatic rings. The van der Waals surface area contributed by atoms with E-state index in [1.807, 2.05) is 0 Å². The van der Waals surface area contributed by atoms with Crippen LogP contribution in [0.3, 0.4) is 0 Å². The van der Waals surface area contributed by atoms with Gasteiger partial charge < -0.3 is 9.84 Å². The lowest BCUT2D eigenvalue weighted by Crippen LogP contribution is -2.18. The summed E-state index contributed by atoms with van der Waals surface area (Å²) in [6, 6.07) is 0. The summed E-state index contributed by atoms with van der Waals surface area (Å²) in [5.74, 6) is 1.30. The highest BCUT2D eigenvalue weighted by atomic mass is 35.5. The second kappa shape index (κ2) is 12.9. The molecule has 0 aliphatic carbocycles. The molecule has 13 heavy (non-hydrogen) atoms. The number of rotatable bonds is 10. The van der Waals surface area contributed by atoms with Crippen LogP contribution in [0.2, 0.25) is 0 Å². The largest absolute Gasteiger partial charge is 0.346 e. The van der Waals surface area contributed by atoms with Gasteiger partial charge in [-0.25, -0.2) is 0 Å². The lowest BCUT2D eigenvalue weighted by Gasteiger charge is -2.04. The molecular formula is C7H17Cl2N2OP. The van der Waals surface area contributed by atoms with E-state index in [1.54, 1.807) is 0 Å². The van der Waals surface area contributed by atoms with Gasteiger partial charge in [-0.3, -0.25) is 5.09 Å². The summed E-state index contributed by atoms with van der Waals surface area (Å²) in [4.78, 5) is 0. The fraction of sp³-hybridized carbons (Fsp3) is 1.00. The second-order valence-corrected chi connectivity index (χ2v) is 3.96. The quantitative estimate of drug-likeness (QED) is 0.349. The summed E-state index contributed by atoms with van der Waals surface area (Å²) >= 11 is 10.9. The Morgan fingerprint density at radius 1 is 1.08 bits per heavy atom. The third-order valence-corrected chi connectivity index (χ3v) is 2.36. The molecule has 0 radical (unpaired) electrons. The van der Waals surface area contributed by atoms with Crippen molar-refractivity contribution < 1.29 is 4.52 Å². The Hall–Kier alpha value is 0.890. The van der Waals surface area contributed by atoms with E-state index in [0.717, 1.165) is 32.7 Å². The van der Waals surface area contributed by atoms with Crippen LogP contribution in [0.5, 0.6) is 0 Å². The standard InChI is InChI=1S/C7H17Cl2N2OP/c8-2-5-10-4-1-7-12-13-11-6-3-9/h10-11,13H,1-7H2. The van der Waals surface area contributed by atoms with Gasteiger partial charge in [-0.05, 0) is 13.0 Å². The number of hydrogen-bond acceptors (Lipinski definition) is 3. The molecule has 6 heteroatoms. The molecular weight excluding hydrogens is 230 g/mol. The fourth-order valence-corrected chi connectivity index (χ4v) is 1.62. The van der Waals surface area contributed by atoms with E-state index in [2.05, 4.69) is 10.4 Å². The Labute approximate surface area is 91.8 Å². The van der Waals surface area contributed by atoms with Gasteiger partial charge in [0.1, 0.15) is 0 Å². The first-order chi connectivity index (χ1) is 6.41. The second-order valence-electron chi connectivity index (χ2n) is 2.36. The molecule has 0 amide bonds. The van der Waals surface area contributed by atoms with E-state index in [0.29, 0.717) is 20.7 Å². The number of nitrogens with one attached hydrogen (secondary N) is 2. The maximum atomic E-state index is 5.48. The summed E-state index contributed by atoms with van der Waals surface area (Å²) < 4.78 is 5.30. The van der Waals surface area contributed by atoms with Crippen LogP contribution >= 0.6 is 32.2 Å². The SMILES string of the molecule is ClCCNCCCOPNCCCl. The van der Waals surface area contributed by atoms with Gasteiger partial charge in [0.15, 0.2) is 0 Å². The molecule has 0 aliphatic heterocycles. The average molecular weight is 247 g/mol. The van der Waals surface area contributed by atoms with Gasteiger partial charge in [-0.2, -0.15) is 0 Å². The van der Waals surface area contributed by atoms with Gasteiger partial charge in [0, 0.05) is 24.8 Å². The van der Waals surface area contributed by atoms with Crippen molar-refractivity contribution in [1.29, 1.82) is 0 Å². The van der Waals surface area contributed by atoms with Gasteiger partial charge >= 0.3 is 0 Å². The molecule has 0 rings (SSSR count). The summed E-state index contributed by atoms with van der Waals surface area (Å²) in [6.45, 7) is 3.43. The van der Waals surface area contributed by atoms with Crippen LogP contribution in [-0.2, 0) is 4.52 Å². The van der Waals surface area contributed by atoms with Gasteiger partial charge in [0.25, 0.3) is 0 Å². The summed E-state index contributed by atoms with van der Waals surface area (Å²) in [7, 11) is 0.363. The number of hydrogen-bond donors (Lipinski definition) is 2. The normalized spacial score (nSPS) is 11.5. The molecule has 1 unspecified atom stereocenters. The van der Waals surface area contributed by atoms with Crippen LogP contribution in [0.15, 0.2) is 0 Å². The Morgan fingerprint density at radius 3 is 2.54 bits per heavy atom. The molecule has 0 saturated carbocycles. The molecule has 0 saturated heterocycles. The van der Waals surface area contributed by atoms with E-state index >= 15 is 0 Å². The first-order valence-corrected chi connectivity index (χ1v) is 6.32. The van der Waals surface area contributed by atoms with E-state index in [4.69, 9.17) is 27.7 Å². The van der Waals surface area contributed by atoms with Gasteiger partial charge in [0.05, 0.1) is 15.6 Å². The fourth-order valence-electron chi connectivity index (χ4n) is 0.661. The topological polar surface area (TPSA) is 33.3 Å². The molecule has 0 spiro atoms. The minimum Gasteiger partial charge on any atom is -0.346 e. The van der Waals surface area contributed by atoms with Gasteiger partial charge in [-0.15, -0.1) is 23.2 Å².